The van der Waals surface area contributed by atoms with Gasteiger partial charge in [0.15, 0.2) is 12.4 Å². The third kappa shape index (κ3) is 18.1. The first kappa shape index (κ1) is 61.3. The number of nitrogens with zero attached hydrogens (tertiary/aromatic N) is 3. The third-order valence-electron chi connectivity index (χ3n) is 14.4. The molecule has 1 saturated heterocycles. The minimum absolute atomic E-state index is 0.184. The van der Waals surface area contributed by atoms with Crippen molar-refractivity contribution in [2.24, 2.45) is 11.0 Å². The smallest absolute Gasteiger partial charge is 0.338 e. The topological polar surface area (TPSA) is 182 Å². The Morgan fingerprint density at radius 2 is 1.10 bits per heavy atom. The highest BCUT2D eigenvalue weighted by Crippen LogP contribution is 2.40. The Kier molecular flexibility index (Phi) is 25.0. The first-order valence-corrected chi connectivity index (χ1v) is 29.9. The number of esters is 4. The predicted molar refractivity (Wildman–Crippen MR) is 308 cm³/mol. The van der Waals surface area contributed by atoms with Crippen molar-refractivity contribution in [1.82, 2.24) is 0 Å². The molecule has 6 rings (SSSR count). The molecule has 15 heteroatoms. The molecule has 0 aliphatic carbocycles. The van der Waals surface area contributed by atoms with Crippen molar-refractivity contribution in [3.8, 4) is 0 Å². The maximum Gasteiger partial charge on any atom is 0.338 e. The maximum absolute atomic E-state index is 14.2. The van der Waals surface area contributed by atoms with Crippen LogP contribution in [-0.4, -0.2) is 89.3 Å². The van der Waals surface area contributed by atoms with E-state index in [4.69, 9.17) is 32.8 Å². The largest absolute Gasteiger partial charge is 0.469 e. The molecule has 0 aromatic heterocycles. The summed E-state index contributed by atoms with van der Waals surface area (Å²) in [6.07, 6.45) is 11.1. The van der Waals surface area contributed by atoms with Crippen molar-refractivity contribution in [3.05, 3.63) is 191 Å². The number of hydrogen-bond donors (Lipinski definition) is 0. The van der Waals surface area contributed by atoms with E-state index >= 15 is 0 Å². The van der Waals surface area contributed by atoms with Gasteiger partial charge in [-0.05, 0) is 70.2 Å². The Labute approximate surface area is 467 Å². The summed E-state index contributed by atoms with van der Waals surface area (Å²) in [4.78, 5) is 58.7. The van der Waals surface area contributed by atoms with Crippen LogP contribution < -0.4 is 10.4 Å². The number of methoxy groups -OCH3 is 1. The molecule has 79 heavy (non-hydrogen) atoms. The van der Waals surface area contributed by atoms with Crippen LogP contribution in [0, 0.1) is 5.92 Å². The molecule has 0 radical (unpaired) electrons. The molecule has 7 atom stereocenters. The molecule has 0 spiro atoms. The molecule has 1 fully saturated rings. The molecule has 5 aromatic carbocycles. The second-order valence-corrected chi connectivity index (χ2v) is 25.3. The number of allylic oxidation sites excluding steroid dienone is 1. The van der Waals surface area contributed by atoms with Crippen molar-refractivity contribution in [2.75, 3.05) is 20.3 Å². The number of azide groups is 1. The minimum atomic E-state index is -3.34. The fourth-order valence-electron chi connectivity index (χ4n) is 10.2. The fourth-order valence-corrected chi connectivity index (χ4v) is 14.8. The lowest BCUT2D eigenvalue weighted by atomic mass is 9.85. The first-order valence-electron chi connectivity index (χ1n) is 28.0. The number of carbonyl (C=O) groups is 4. The standard InChI is InChI=1S/C64H79N3O11Si/c1-6-7-8-9-10-11-12-13-14-15-16-17-33-44-55(78-79(64(2,3)4,51-40-29-21-30-41-51)52-42-31-22-32-43-52)54(66-67-65)46-74-63-59(77-62(71)50-38-27-20-28-39-50)53(45-57(68)72-5)58(76-61(70)49-36-25-19-26-37-49)56(75-63)47-73-60(69)48-34-23-18-24-35-48/h18-44,53-56,58-59,63H,6-17,45-47H2,1-5H3/b44-33+/t53?,54-,55+,56?,58-,59+,63-/m1/s1. The zero-order valence-electron chi connectivity index (χ0n) is 46.6. The Morgan fingerprint density at radius 3 is 1.57 bits per heavy atom. The fraction of sp³-hybridized carbons (Fsp3) is 0.438. The van der Waals surface area contributed by atoms with Crippen LogP contribution >= 0.6 is 0 Å². The third-order valence-corrected chi connectivity index (χ3v) is 19.4. The Morgan fingerprint density at radius 1 is 0.646 bits per heavy atom. The van der Waals surface area contributed by atoms with E-state index in [9.17, 15) is 24.7 Å². The summed E-state index contributed by atoms with van der Waals surface area (Å²) in [6.45, 7) is 7.90. The Balaban J connectivity index is 1.38. The molecule has 0 amide bonds. The predicted octanol–water partition coefficient (Wildman–Crippen LogP) is 13.1. The van der Waals surface area contributed by atoms with Crippen molar-refractivity contribution in [2.45, 2.75) is 153 Å². The molecule has 1 aliphatic heterocycles. The molecular weight excluding hydrogens is 1010 g/mol. The van der Waals surface area contributed by atoms with E-state index < -0.39 is 92.9 Å². The molecule has 0 N–H and O–H groups in total. The molecule has 0 saturated carbocycles. The van der Waals surface area contributed by atoms with Gasteiger partial charge in [-0.2, -0.15) is 0 Å². The summed E-state index contributed by atoms with van der Waals surface area (Å²) >= 11 is 0. The SMILES string of the molecule is CCCCCCCCCCCCC/C=C/[C@H](O[Si](c1ccccc1)(c1ccccc1)C(C)(C)C)[C@@H](CO[C@@H]1OC(COC(=O)c2ccccc2)[C@H](OC(=O)c2ccccc2)C(CC(=O)OC)[C@@H]1OC(=O)c1ccccc1)N=[N+]=[N-]. The number of benzene rings is 5. The van der Waals surface area contributed by atoms with E-state index in [1.54, 1.807) is 91.0 Å². The normalized spacial score (nSPS) is 18.2. The molecule has 1 heterocycles. The lowest BCUT2D eigenvalue weighted by Crippen LogP contribution is -2.68. The first-order chi connectivity index (χ1) is 38.4. The van der Waals surface area contributed by atoms with Gasteiger partial charge in [-0.1, -0.05) is 224 Å². The lowest BCUT2D eigenvalue weighted by molar-refractivity contribution is -0.290. The van der Waals surface area contributed by atoms with E-state index in [0.717, 1.165) is 36.1 Å². The van der Waals surface area contributed by atoms with Crippen molar-refractivity contribution in [3.63, 3.8) is 0 Å². The maximum atomic E-state index is 14.2. The van der Waals surface area contributed by atoms with Crippen LogP contribution in [0.4, 0.5) is 0 Å². The van der Waals surface area contributed by atoms with Gasteiger partial charge in [0.2, 0.25) is 0 Å². The minimum Gasteiger partial charge on any atom is -0.469 e. The average Bonchev–Trinajstić information content (AvgIpc) is 3.67. The number of unbranched alkanes of at least 4 members (excludes halogenated alkanes) is 11. The van der Waals surface area contributed by atoms with Crippen molar-refractivity contribution < 1.29 is 52.0 Å². The van der Waals surface area contributed by atoms with Gasteiger partial charge < -0.3 is 32.8 Å². The second-order valence-electron chi connectivity index (χ2n) is 21.0. The van der Waals surface area contributed by atoms with Gasteiger partial charge in [0.05, 0.1) is 54.9 Å². The van der Waals surface area contributed by atoms with E-state index in [1.165, 1.54) is 58.5 Å². The lowest BCUT2D eigenvalue weighted by Gasteiger charge is -2.46. The van der Waals surface area contributed by atoms with E-state index in [0.29, 0.717) is 0 Å². The second kappa shape index (κ2) is 32.3. The highest BCUT2D eigenvalue weighted by atomic mass is 28.4. The zero-order chi connectivity index (χ0) is 56.3. The van der Waals surface area contributed by atoms with Crippen LogP contribution in [-0.2, 0) is 37.6 Å². The van der Waals surface area contributed by atoms with E-state index in [1.807, 2.05) is 42.5 Å². The zero-order valence-corrected chi connectivity index (χ0v) is 47.6. The van der Waals surface area contributed by atoms with E-state index in [-0.39, 0.29) is 23.3 Å². The van der Waals surface area contributed by atoms with Gasteiger partial charge in [-0.15, -0.1) is 0 Å². The monoisotopic (exact) mass is 1090 g/mol. The quantitative estimate of drug-likeness (QED) is 0.00602. The summed E-state index contributed by atoms with van der Waals surface area (Å²) in [5.41, 5.74) is 11.1. The number of ether oxygens (including phenoxy) is 6. The molecule has 0 bridgehead atoms. The highest BCUT2D eigenvalue weighted by Gasteiger charge is 2.54. The molecule has 1 aliphatic rings. The van der Waals surface area contributed by atoms with Crippen LogP contribution in [0.1, 0.15) is 142 Å². The molecule has 14 nitrogen and oxygen atoms in total. The summed E-state index contributed by atoms with van der Waals surface area (Å²) in [5.74, 6) is -4.18. The number of rotatable bonds is 31. The molecule has 5 aromatic rings. The number of carbonyl (C=O) groups excluding carboxylic acids is 4. The molecular formula is C64H79N3O11Si. The summed E-state index contributed by atoms with van der Waals surface area (Å²) in [7, 11) is -2.12. The molecule has 2 unspecified atom stereocenters. The molecule has 420 valence electrons. The van der Waals surface area contributed by atoms with Gasteiger partial charge in [-0.25, -0.2) is 14.4 Å². The van der Waals surface area contributed by atoms with Crippen molar-refractivity contribution in [1.29, 1.82) is 0 Å². The van der Waals surface area contributed by atoms with Gasteiger partial charge in [-0.3, -0.25) is 4.79 Å². The van der Waals surface area contributed by atoms with Crippen LogP contribution in [0.3, 0.4) is 0 Å². The van der Waals surface area contributed by atoms with Crippen LogP contribution in [0.2, 0.25) is 5.04 Å². The van der Waals surface area contributed by atoms with Crippen LogP contribution in [0.15, 0.2) is 169 Å². The summed E-state index contributed by atoms with van der Waals surface area (Å²) < 4.78 is 44.8. The van der Waals surface area contributed by atoms with Gasteiger partial charge >= 0.3 is 23.9 Å². The highest BCUT2D eigenvalue weighted by molar-refractivity contribution is 6.99. The van der Waals surface area contributed by atoms with E-state index in [2.05, 4.69) is 68.1 Å². The summed E-state index contributed by atoms with van der Waals surface area (Å²) in [6, 6.07) is 44.0. The van der Waals surface area contributed by atoms with Crippen LogP contribution in [0.5, 0.6) is 0 Å². The van der Waals surface area contributed by atoms with Gasteiger partial charge in [0.25, 0.3) is 8.32 Å². The van der Waals surface area contributed by atoms with Crippen molar-refractivity contribution >= 4 is 42.6 Å². The number of hydrogen-bond acceptors (Lipinski definition) is 12. The Bertz CT molecular complexity index is 2650. The van der Waals surface area contributed by atoms with Crippen LogP contribution in [0.25, 0.3) is 10.4 Å². The Hall–Kier alpha value is -6.87. The van der Waals surface area contributed by atoms with Gasteiger partial charge in [0, 0.05) is 4.91 Å². The summed E-state index contributed by atoms with van der Waals surface area (Å²) in [5, 5.41) is 5.93. The van der Waals surface area contributed by atoms with Gasteiger partial charge in [0.1, 0.15) is 18.8 Å². The average molecular weight is 1090 g/mol.